The van der Waals surface area contributed by atoms with E-state index in [0.717, 1.165) is 15.1 Å². The van der Waals surface area contributed by atoms with Gasteiger partial charge in [0, 0.05) is 32.4 Å². The highest BCUT2D eigenvalue weighted by atomic mass is 127. The van der Waals surface area contributed by atoms with E-state index >= 15 is 0 Å². The highest BCUT2D eigenvalue weighted by molar-refractivity contribution is 14.1. The van der Waals surface area contributed by atoms with Crippen LogP contribution in [-0.4, -0.2) is 51.9 Å². The van der Waals surface area contributed by atoms with Crippen LogP contribution in [0, 0.1) is 3.70 Å². The number of nitrogens with zero attached hydrogens (tertiary/aromatic N) is 3. The summed E-state index contributed by atoms with van der Waals surface area (Å²) >= 11 is 2.17. The van der Waals surface area contributed by atoms with Crippen LogP contribution in [0.1, 0.15) is 38.1 Å². The normalized spacial score (nSPS) is 14.2. The van der Waals surface area contributed by atoms with Crippen LogP contribution in [0.5, 0.6) is 0 Å². The summed E-state index contributed by atoms with van der Waals surface area (Å²) < 4.78 is 13.5. The number of imidazole rings is 1. The van der Waals surface area contributed by atoms with Crippen LogP contribution >= 0.6 is 22.6 Å². The first-order valence-corrected chi connectivity index (χ1v) is 10.9. The molecule has 162 valence electrons. The summed E-state index contributed by atoms with van der Waals surface area (Å²) in [6, 6.07) is 9.62. The molecule has 8 nitrogen and oxygen atoms in total. The van der Waals surface area contributed by atoms with Crippen molar-refractivity contribution in [1.29, 1.82) is 0 Å². The second kappa shape index (κ2) is 9.67. The van der Waals surface area contributed by atoms with Crippen molar-refractivity contribution in [2.75, 3.05) is 19.6 Å². The van der Waals surface area contributed by atoms with Crippen LogP contribution in [0.2, 0.25) is 0 Å². The van der Waals surface area contributed by atoms with E-state index in [2.05, 4.69) is 32.9 Å². The van der Waals surface area contributed by atoms with Crippen molar-refractivity contribution < 1.29 is 19.1 Å². The van der Waals surface area contributed by atoms with E-state index in [1.54, 1.807) is 4.90 Å². The van der Waals surface area contributed by atoms with E-state index in [9.17, 15) is 9.59 Å². The summed E-state index contributed by atoms with van der Waals surface area (Å²) in [4.78, 5) is 30.3. The number of halogens is 1. The zero-order valence-corrected chi connectivity index (χ0v) is 19.6. The molecule has 2 heterocycles. The molecule has 1 N–H and O–H groups in total. The minimum atomic E-state index is -0.524. The van der Waals surface area contributed by atoms with E-state index in [4.69, 9.17) is 9.47 Å². The molecule has 3 rings (SSSR count). The standard InChI is InChI=1S/C21H27IN4O4/c1-21(2,3)30-19(27)23-9-10-25-13-17(22)24-18(25)16-11-26(12-16)20(28)29-14-15-7-5-4-6-8-15/h4-8,13,16H,9-12,14H2,1-3H3,(H,23,27). The summed E-state index contributed by atoms with van der Waals surface area (Å²) in [5.74, 6) is 1.07. The van der Waals surface area contributed by atoms with Crippen LogP contribution in [0.25, 0.3) is 0 Å². The molecule has 1 saturated heterocycles. The summed E-state index contributed by atoms with van der Waals surface area (Å²) in [6.45, 7) is 7.91. The number of likely N-dealkylation sites (tertiary alicyclic amines) is 1. The fraction of sp³-hybridized carbons (Fsp3) is 0.476. The third-order valence-electron chi connectivity index (χ3n) is 4.51. The molecule has 0 atom stereocenters. The van der Waals surface area contributed by atoms with Crippen molar-refractivity contribution >= 4 is 34.8 Å². The summed E-state index contributed by atoms with van der Waals surface area (Å²) in [7, 11) is 0. The lowest BCUT2D eigenvalue weighted by atomic mass is 10.00. The Morgan fingerprint density at radius 3 is 2.60 bits per heavy atom. The average Bonchev–Trinajstić information content (AvgIpc) is 2.98. The lowest BCUT2D eigenvalue weighted by molar-refractivity contribution is 0.0523. The number of hydrogen-bond donors (Lipinski definition) is 1. The summed E-state index contributed by atoms with van der Waals surface area (Å²) in [6.07, 6.45) is 1.20. The maximum absolute atomic E-state index is 12.2. The molecule has 1 fully saturated rings. The van der Waals surface area contributed by atoms with Gasteiger partial charge in [0.05, 0.1) is 5.92 Å². The van der Waals surface area contributed by atoms with Gasteiger partial charge in [0.25, 0.3) is 0 Å². The van der Waals surface area contributed by atoms with Crippen molar-refractivity contribution in [3.8, 4) is 0 Å². The van der Waals surface area contributed by atoms with Gasteiger partial charge in [-0.2, -0.15) is 0 Å². The molecular weight excluding hydrogens is 499 g/mol. The lowest BCUT2D eigenvalue weighted by Crippen LogP contribution is -2.49. The fourth-order valence-corrected chi connectivity index (χ4v) is 3.68. The molecule has 0 spiro atoms. The van der Waals surface area contributed by atoms with Gasteiger partial charge in [-0.25, -0.2) is 14.6 Å². The van der Waals surface area contributed by atoms with Crippen LogP contribution in [0.15, 0.2) is 36.5 Å². The number of ether oxygens (including phenoxy) is 2. The minimum Gasteiger partial charge on any atom is -0.445 e. The van der Waals surface area contributed by atoms with Crippen LogP contribution < -0.4 is 5.32 Å². The number of hydrogen-bond acceptors (Lipinski definition) is 5. The predicted octanol–water partition coefficient (Wildman–Crippen LogP) is 3.75. The Balaban J connectivity index is 1.46. The molecule has 1 aromatic heterocycles. The number of alkyl carbamates (subject to hydrolysis) is 1. The molecule has 2 aromatic rings. The maximum atomic E-state index is 12.2. The number of carbonyl (C=O) groups is 2. The Bertz CT molecular complexity index is 873. The van der Waals surface area contributed by atoms with Gasteiger partial charge in [-0.1, -0.05) is 30.3 Å². The molecule has 9 heteroatoms. The van der Waals surface area contributed by atoms with E-state index < -0.39 is 11.7 Å². The van der Waals surface area contributed by atoms with E-state index in [0.29, 0.717) is 26.2 Å². The minimum absolute atomic E-state index is 0.152. The first-order valence-electron chi connectivity index (χ1n) is 9.86. The van der Waals surface area contributed by atoms with Gasteiger partial charge in [-0.15, -0.1) is 0 Å². The Labute approximate surface area is 190 Å². The number of aromatic nitrogens is 2. The highest BCUT2D eigenvalue weighted by Crippen LogP contribution is 2.27. The maximum Gasteiger partial charge on any atom is 0.410 e. The smallest absolute Gasteiger partial charge is 0.410 e. The molecule has 1 aromatic carbocycles. The largest absolute Gasteiger partial charge is 0.445 e. The van der Waals surface area contributed by atoms with Crippen molar-refractivity contribution in [3.05, 3.63) is 51.6 Å². The SMILES string of the molecule is CC(C)(C)OC(=O)NCCn1cc(I)nc1C1CN(C(=O)OCc2ccccc2)C1. The number of carbonyl (C=O) groups excluding carboxylic acids is 2. The van der Waals surface area contributed by atoms with Crippen molar-refractivity contribution in [3.63, 3.8) is 0 Å². The Morgan fingerprint density at radius 2 is 1.93 bits per heavy atom. The topological polar surface area (TPSA) is 85.7 Å². The molecule has 0 bridgehead atoms. The second-order valence-corrected chi connectivity index (χ2v) is 9.29. The van der Waals surface area contributed by atoms with Gasteiger partial charge in [-0.05, 0) is 48.9 Å². The Hall–Kier alpha value is -2.30. The third kappa shape index (κ3) is 6.35. The van der Waals surface area contributed by atoms with Gasteiger partial charge in [-0.3, -0.25) is 0 Å². The van der Waals surface area contributed by atoms with Gasteiger partial charge < -0.3 is 24.3 Å². The lowest BCUT2D eigenvalue weighted by Gasteiger charge is -2.38. The van der Waals surface area contributed by atoms with Crippen molar-refractivity contribution in [2.24, 2.45) is 0 Å². The Morgan fingerprint density at radius 1 is 1.23 bits per heavy atom. The first kappa shape index (κ1) is 22.4. The van der Waals surface area contributed by atoms with E-state index in [1.807, 2.05) is 61.9 Å². The van der Waals surface area contributed by atoms with Crippen LogP contribution in [0.4, 0.5) is 9.59 Å². The quantitative estimate of drug-likeness (QED) is 0.580. The number of benzene rings is 1. The van der Waals surface area contributed by atoms with Crippen LogP contribution in [-0.2, 0) is 22.6 Å². The van der Waals surface area contributed by atoms with Crippen LogP contribution in [0.3, 0.4) is 0 Å². The molecule has 1 aliphatic heterocycles. The molecule has 0 radical (unpaired) electrons. The van der Waals surface area contributed by atoms with Gasteiger partial charge in [0.15, 0.2) is 0 Å². The zero-order valence-electron chi connectivity index (χ0n) is 17.4. The molecule has 0 saturated carbocycles. The van der Waals surface area contributed by atoms with Gasteiger partial charge in [0.2, 0.25) is 0 Å². The van der Waals surface area contributed by atoms with Gasteiger partial charge >= 0.3 is 12.2 Å². The molecule has 0 unspecified atom stereocenters. The van der Waals surface area contributed by atoms with E-state index in [-0.39, 0.29) is 18.6 Å². The summed E-state index contributed by atoms with van der Waals surface area (Å²) in [5.41, 5.74) is 0.440. The highest BCUT2D eigenvalue weighted by Gasteiger charge is 2.35. The average molecular weight is 526 g/mol. The second-order valence-electron chi connectivity index (χ2n) is 8.19. The number of nitrogens with one attached hydrogen (secondary N) is 1. The predicted molar refractivity (Wildman–Crippen MR) is 120 cm³/mol. The molecule has 30 heavy (non-hydrogen) atoms. The van der Waals surface area contributed by atoms with Crippen molar-refractivity contribution in [1.82, 2.24) is 19.8 Å². The molecule has 0 aliphatic carbocycles. The van der Waals surface area contributed by atoms with Gasteiger partial charge in [0.1, 0.15) is 21.7 Å². The Kier molecular flexibility index (Phi) is 7.22. The van der Waals surface area contributed by atoms with Crippen molar-refractivity contribution in [2.45, 2.75) is 45.4 Å². The van der Waals surface area contributed by atoms with E-state index in [1.165, 1.54) is 0 Å². The molecular formula is C21H27IN4O4. The fourth-order valence-electron chi connectivity index (χ4n) is 3.10. The number of rotatable bonds is 6. The third-order valence-corrected chi connectivity index (χ3v) is 5.03. The number of amides is 2. The molecule has 1 aliphatic rings. The molecule has 2 amide bonds. The summed E-state index contributed by atoms with van der Waals surface area (Å²) in [5, 5.41) is 2.76. The zero-order chi connectivity index (χ0) is 21.7. The monoisotopic (exact) mass is 526 g/mol. The first-order chi connectivity index (χ1) is 14.2.